The van der Waals surface area contributed by atoms with Crippen molar-refractivity contribution in [1.29, 1.82) is 0 Å². The summed E-state index contributed by atoms with van der Waals surface area (Å²) in [5.74, 6) is 0.126. The van der Waals surface area contributed by atoms with Crippen molar-refractivity contribution in [3.8, 4) is 5.69 Å². The number of pyridine rings is 1. The number of benzene rings is 2. The lowest BCUT2D eigenvalue weighted by Gasteiger charge is -2.37. The summed E-state index contributed by atoms with van der Waals surface area (Å²) in [7, 11) is 4.31. The summed E-state index contributed by atoms with van der Waals surface area (Å²) < 4.78 is 56.7. The lowest BCUT2D eigenvalue weighted by molar-refractivity contribution is -0.137. The molecule has 0 radical (unpaired) electrons. The fourth-order valence-corrected chi connectivity index (χ4v) is 5.98. The summed E-state index contributed by atoms with van der Waals surface area (Å²) >= 11 is 0. The molecule has 12 nitrogen and oxygen atoms in total. The van der Waals surface area contributed by atoms with Gasteiger partial charge in [-0.2, -0.15) is 13.2 Å². The number of imidazole rings is 1. The summed E-state index contributed by atoms with van der Waals surface area (Å²) in [6.45, 7) is 6.58. The van der Waals surface area contributed by atoms with Crippen molar-refractivity contribution in [2.24, 2.45) is 12.0 Å². The molecule has 0 amide bonds. The Bertz CT molecular complexity index is 2230. The normalized spacial score (nSPS) is 14.4. The number of hydrogen-bond donors (Lipinski definition) is 0. The maximum Gasteiger partial charge on any atom is 0.418 e. The maximum absolute atomic E-state index is 14.7. The molecule has 1 saturated heterocycles. The van der Waals surface area contributed by atoms with E-state index in [0.29, 0.717) is 46.9 Å². The molecule has 4 heterocycles. The predicted octanol–water partition coefficient (Wildman–Crippen LogP) is 5.39. The number of hydrogen-bond acceptors (Lipinski definition) is 10. The molecule has 1 fully saturated rings. The third-order valence-corrected chi connectivity index (χ3v) is 8.69. The molecule has 0 aliphatic carbocycles. The van der Waals surface area contributed by atoms with Crippen LogP contribution in [-0.2, 0) is 22.7 Å². The SMILES string of the molecule is C=N/C(=C\C=C(/C)c1ccc2ncc3c(c2c1)n(-c1ccc(N2CCN(c4ncc(C(=O)OC)cn4)CC2)c(C(F)(F)F)c1)c(=O)n3C)OC. The predicted molar refractivity (Wildman–Crippen MR) is 185 cm³/mol. The Labute approximate surface area is 284 Å². The van der Waals surface area contributed by atoms with Crippen molar-refractivity contribution in [3.05, 3.63) is 100 Å². The zero-order chi connectivity index (χ0) is 35.7. The van der Waals surface area contributed by atoms with Gasteiger partial charge in [-0.1, -0.05) is 12.1 Å². The number of carbonyl (C=O) groups excluding carboxylic acids is 1. The molecule has 0 bridgehead atoms. The van der Waals surface area contributed by atoms with Crippen LogP contribution in [0.4, 0.5) is 24.8 Å². The monoisotopic (exact) mass is 686 g/mol. The van der Waals surface area contributed by atoms with Crippen LogP contribution < -0.4 is 15.5 Å². The van der Waals surface area contributed by atoms with Crippen LogP contribution in [0.2, 0.25) is 0 Å². The van der Waals surface area contributed by atoms with Gasteiger partial charge < -0.3 is 19.3 Å². The van der Waals surface area contributed by atoms with E-state index in [9.17, 15) is 22.8 Å². The molecule has 1 aliphatic rings. The first-order valence-corrected chi connectivity index (χ1v) is 15.5. The Balaban J connectivity index is 1.38. The molecule has 3 aromatic heterocycles. The summed E-state index contributed by atoms with van der Waals surface area (Å²) in [5, 5.41) is 0.596. The van der Waals surface area contributed by atoms with Gasteiger partial charge in [0, 0.05) is 62.8 Å². The molecule has 0 unspecified atom stereocenters. The Morgan fingerprint density at radius 2 is 1.62 bits per heavy atom. The van der Waals surface area contributed by atoms with Gasteiger partial charge in [0.2, 0.25) is 11.8 Å². The van der Waals surface area contributed by atoms with E-state index in [1.165, 1.54) is 47.9 Å². The van der Waals surface area contributed by atoms with Gasteiger partial charge in [0.25, 0.3) is 0 Å². The summed E-state index contributed by atoms with van der Waals surface area (Å²) in [4.78, 5) is 45.7. The zero-order valence-corrected chi connectivity index (χ0v) is 27.7. The molecule has 2 aromatic carbocycles. The van der Waals surface area contributed by atoms with E-state index in [1.54, 1.807) is 30.3 Å². The van der Waals surface area contributed by atoms with E-state index >= 15 is 0 Å². The molecule has 0 saturated carbocycles. The summed E-state index contributed by atoms with van der Waals surface area (Å²) in [6.07, 6.45) is 3.02. The molecular weight excluding hydrogens is 653 g/mol. The van der Waals surface area contributed by atoms with Gasteiger partial charge in [-0.15, -0.1) is 0 Å². The number of allylic oxidation sites excluding steroid dienone is 3. The molecule has 258 valence electrons. The second-order valence-corrected chi connectivity index (χ2v) is 11.6. The molecule has 6 rings (SSSR count). The van der Waals surface area contributed by atoms with Crippen LogP contribution in [0.25, 0.3) is 33.2 Å². The molecule has 0 N–H and O–H groups in total. The number of alkyl halides is 3. The Hall–Kier alpha value is -5.99. The van der Waals surface area contributed by atoms with Gasteiger partial charge >= 0.3 is 17.8 Å². The average molecular weight is 687 g/mol. The van der Waals surface area contributed by atoms with E-state index in [2.05, 4.69) is 31.4 Å². The Morgan fingerprint density at radius 3 is 2.26 bits per heavy atom. The first kappa shape index (κ1) is 33.9. The van der Waals surface area contributed by atoms with Gasteiger partial charge in [0.05, 0.1) is 53.8 Å². The van der Waals surface area contributed by atoms with E-state index in [1.807, 2.05) is 30.0 Å². The minimum Gasteiger partial charge on any atom is -0.481 e. The quantitative estimate of drug-likeness (QED) is 0.0916. The van der Waals surface area contributed by atoms with Crippen molar-refractivity contribution in [2.45, 2.75) is 13.1 Å². The van der Waals surface area contributed by atoms with E-state index in [4.69, 9.17) is 4.74 Å². The van der Waals surface area contributed by atoms with Gasteiger partial charge in [-0.05, 0) is 55.1 Å². The van der Waals surface area contributed by atoms with Crippen LogP contribution in [0.15, 0.2) is 82.8 Å². The second kappa shape index (κ2) is 13.5. The molecule has 0 spiro atoms. The van der Waals surface area contributed by atoms with Gasteiger partial charge in [-0.3, -0.25) is 14.1 Å². The summed E-state index contributed by atoms with van der Waals surface area (Å²) in [5.41, 5.74) is 2.03. The highest BCUT2D eigenvalue weighted by atomic mass is 19.4. The van der Waals surface area contributed by atoms with Crippen molar-refractivity contribution in [3.63, 3.8) is 0 Å². The van der Waals surface area contributed by atoms with E-state index in [-0.39, 0.29) is 30.0 Å². The number of aromatic nitrogens is 5. The second-order valence-electron chi connectivity index (χ2n) is 11.6. The molecule has 15 heteroatoms. The number of esters is 1. The lowest BCUT2D eigenvalue weighted by Crippen LogP contribution is -2.47. The van der Waals surface area contributed by atoms with Gasteiger partial charge in [-0.25, -0.2) is 24.5 Å². The molecule has 5 aromatic rings. The molecular formula is C35H33F3N8O4. The minimum atomic E-state index is -4.71. The highest BCUT2D eigenvalue weighted by molar-refractivity contribution is 6.04. The fourth-order valence-electron chi connectivity index (χ4n) is 5.98. The number of nitrogens with zero attached hydrogens (tertiary/aromatic N) is 8. The molecule has 0 atom stereocenters. The van der Waals surface area contributed by atoms with Crippen molar-refractivity contribution < 1.29 is 27.4 Å². The number of aryl methyl sites for hydroxylation is 1. The first-order valence-electron chi connectivity index (χ1n) is 15.5. The van der Waals surface area contributed by atoms with Crippen molar-refractivity contribution in [1.82, 2.24) is 24.1 Å². The molecule has 1 aliphatic heterocycles. The van der Waals surface area contributed by atoms with E-state index < -0.39 is 23.4 Å². The third-order valence-electron chi connectivity index (χ3n) is 8.69. The van der Waals surface area contributed by atoms with Crippen LogP contribution in [-0.4, -0.2) is 77.2 Å². The summed E-state index contributed by atoms with van der Waals surface area (Å²) in [6, 6.07) is 9.51. The number of ether oxygens (including phenoxy) is 2. The topological polar surface area (TPSA) is 120 Å². The van der Waals surface area contributed by atoms with Crippen LogP contribution in [0.3, 0.4) is 0 Å². The highest BCUT2D eigenvalue weighted by Gasteiger charge is 2.36. The zero-order valence-electron chi connectivity index (χ0n) is 27.7. The maximum atomic E-state index is 14.7. The standard InChI is InChI=1S/C35H33F3N8O4/c1-21(6-11-30(39-2)49-4)22-7-9-27-25(16-22)31-29(20-40-27)43(3)34(48)46(31)24-8-10-28(26(17-24)35(36,37)38)44-12-14-45(15-13-44)33-41-18-23(19-42-33)32(47)50-5/h6-11,16-20H,2,12-15H2,1,3-5H3/b21-6+,30-11+. The number of methoxy groups -OCH3 is 2. The number of fused-ring (bicyclic) bond motifs is 3. The lowest BCUT2D eigenvalue weighted by atomic mass is 10.0. The smallest absolute Gasteiger partial charge is 0.418 e. The first-order chi connectivity index (χ1) is 23.9. The molecule has 50 heavy (non-hydrogen) atoms. The van der Waals surface area contributed by atoms with Gasteiger partial charge in [0.15, 0.2) is 0 Å². The van der Waals surface area contributed by atoms with Crippen LogP contribution in [0.1, 0.15) is 28.4 Å². The number of anilines is 2. The van der Waals surface area contributed by atoms with Crippen LogP contribution >= 0.6 is 0 Å². The number of halogens is 3. The van der Waals surface area contributed by atoms with E-state index in [0.717, 1.165) is 17.2 Å². The number of piperazine rings is 1. The largest absolute Gasteiger partial charge is 0.481 e. The fraction of sp³-hybridized carbons (Fsp3) is 0.257. The number of carbonyl (C=O) groups is 1. The number of aliphatic imine (C=N–C) groups is 1. The number of rotatable bonds is 8. The average Bonchev–Trinajstić information content (AvgIpc) is 3.40. The van der Waals surface area contributed by atoms with Gasteiger partial charge in [0.1, 0.15) is 0 Å². The van der Waals surface area contributed by atoms with Crippen molar-refractivity contribution >= 4 is 51.8 Å². The Morgan fingerprint density at radius 1 is 0.920 bits per heavy atom. The van der Waals surface area contributed by atoms with Crippen molar-refractivity contribution in [2.75, 3.05) is 50.2 Å². The minimum absolute atomic E-state index is 0.00297. The van der Waals surface area contributed by atoms with Crippen LogP contribution in [0, 0.1) is 0 Å². The highest BCUT2D eigenvalue weighted by Crippen LogP contribution is 2.39. The Kier molecular flexibility index (Phi) is 9.15. The van der Waals surface area contributed by atoms with Crippen LogP contribution in [0.5, 0.6) is 0 Å². The third kappa shape index (κ3) is 6.29.